The minimum Gasteiger partial charge on any atom is -0.325 e. The van der Waals surface area contributed by atoms with Gasteiger partial charge in [0.15, 0.2) is 5.82 Å². The van der Waals surface area contributed by atoms with Gasteiger partial charge in [0.05, 0.1) is 11.8 Å². The van der Waals surface area contributed by atoms with E-state index in [2.05, 4.69) is 20.8 Å². The molecular weight excluding hydrogens is 353 g/mol. The second-order valence-corrected chi connectivity index (χ2v) is 7.04. The average molecular weight is 369 g/mol. The first kappa shape index (κ1) is 16.7. The maximum Gasteiger partial charge on any atom is 0.234 e. The van der Waals surface area contributed by atoms with E-state index < -0.39 is 0 Å². The summed E-state index contributed by atoms with van der Waals surface area (Å²) >= 11 is 1.17. The Labute approximate surface area is 153 Å². The normalized spacial score (nSPS) is 13.6. The van der Waals surface area contributed by atoms with Gasteiger partial charge in [-0.05, 0) is 47.5 Å². The molecule has 6 nitrogen and oxygen atoms in total. The van der Waals surface area contributed by atoms with Gasteiger partial charge >= 0.3 is 0 Å². The summed E-state index contributed by atoms with van der Waals surface area (Å²) in [4.78, 5) is 12.6. The van der Waals surface area contributed by atoms with Gasteiger partial charge in [0.1, 0.15) is 5.82 Å². The first-order valence-corrected chi connectivity index (χ1v) is 9.25. The molecule has 8 heteroatoms. The van der Waals surface area contributed by atoms with Crippen LogP contribution in [-0.4, -0.2) is 31.9 Å². The molecular formula is C18H16FN5OS. The monoisotopic (exact) mass is 369 g/mol. The van der Waals surface area contributed by atoms with Gasteiger partial charge in [0.25, 0.3) is 0 Å². The van der Waals surface area contributed by atoms with Crippen LogP contribution in [0.25, 0.3) is 11.4 Å². The van der Waals surface area contributed by atoms with E-state index in [0.29, 0.717) is 22.4 Å². The van der Waals surface area contributed by atoms with E-state index in [9.17, 15) is 9.18 Å². The Kier molecular flexibility index (Phi) is 4.66. The maximum absolute atomic E-state index is 13.6. The topological polar surface area (TPSA) is 72.7 Å². The molecule has 1 fully saturated rings. The zero-order valence-corrected chi connectivity index (χ0v) is 14.6. The van der Waals surface area contributed by atoms with E-state index in [4.69, 9.17) is 0 Å². The van der Waals surface area contributed by atoms with E-state index in [1.165, 1.54) is 17.8 Å². The summed E-state index contributed by atoms with van der Waals surface area (Å²) in [6, 6.07) is 14.2. The average Bonchev–Trinajstić information content (AvgIpc) is 3.38. The quantitative estimate of drug-likeness (QED) is 0.673. The van der Waals surface area contributed by atoms with Crippen LogP contribution in [0.1, 0.15) is 18.9 Å². The zero-order valence-electron chi connectivity index (χ0n) is 13.8. The SMILES string of the molecule is O=C(CSc1ccccc1F)Nc1cccc(-c2nnnn2C2CC2)c1. The summed E-state index contributed by atoms with van der Waals surface area (Å²) in [5.41, 5.74) is 1.51. The Balaban J connectivity index is 1.43. The number of rotatable bonds is 6. The van der Waals surface area contributed by atoms with E-state index in [1.807, 2.05) is 22.9 Å². The molecule has 0 bridgehead atoms. The van der Waals surface area contributed by atoms with Gasteiger partial charge in [-0.25, -0.2) is 9.07 Å². The van der Waals surface area contributed by atoms with Crippen LogP contribution in [0, 0.1) is 5.82 Å². The molecule has 3 aromatic rings. The van der Waals surface area contributed by atoms with E-state index in [-0.39, 0.29) is 17.5 Å². The molecule has 0 aliphatic heterocycles. The predicted octanol–water partition coefficient (Wildman–Crippen LogP) is 3.54. The van der Waals surface area contributed by atoms with Crippen LogP contribution in [-0.2, 0) is 4.79 Å². The number of aromatic nitrogens is 4. The third-order valence-electron chi connectivity index (χ3n) is 3.99. The van der Waals surface area contributed by atoms with Crippen molar-refractivity contribution in [3.8, 4) is 11.4 Å². The van der Waals surface area contributed by atoms with Crippen LogP contribution >= 0.6 is 11.8 Å². The molecule has 0 spiro atoms. The van der Waals surface area contributed by atoms with E-state index >= 15 is 0 Å². The molecule has 2 aromatic carbocycles. The Morgan fingerprint density at radius 3 is 2.88 bits per heavy atom. The number of nitrogens with zero attached hydrogens (tertiary/aromatic N) is 4. The van der Waals surface area contributed by atoms with Gasteiger partial charge in [0, 0.05) is 16.1 Å². The number of thioether (sulfide) groups is 1. The molecule has 1 N–H and O–H groups in total. The second kappa shape index (κ2) is 7.25. The van der Waals surface area contributed by atoms with Crippen molar-refractivity contribution >= 4 is 23.4 Å². The first-order valence-electron chi connectivity index (χ1n) is 8.26. The molecule has 4 rings (SSSR count). The van der Waals surface area contributed by atoms with Crippen LogP contribution in [0.3, 0.4) is 0 Å². The second-order valence-electron chi connectivity index (χ2n) is 6.03. The van der Waals surface area contributed by atoms with Crippen molar-refractivity contribution in [1.29, 1.82) is 0 Å². The number of nitrogens with one attached hydrogen (secondary N) is 1. The lowest BCUT2D eigenvalue weighted by Gasteiger charge is -2.08. The molecule has 0 unspecified atom stereocenters. The maximum atomic E-state index is 13.6. The van der Waals surface area contributed by atoms with Crippen LogP contribution in [0.5, 0.6) is 0 Å². The van der Waals surface area contributed by atoms with Crippen molar-refractivity contribution < 1.29 is 9.18 Å². The third-order valence-corrected chi connectivity index (χ3v) is 5.03. The number of hydrogen-bond donors (Lipinski definition) is 1. The molecule has 0 atom stereocenters. The summed E-state index contributed by atoms with van der Waals surface area (Å²) in [5.74, 6) is 0.311. The number of amides is 1. The van der Waals surface area contributed by atoms with Crippen molar-refractivity contribution in [2.75, 3.05) is 11.1 Å². The van der Waals surface area contributed by atoms with Crippen LogP contribution in [0.2, 0.25) is 0 Å². The fraction of sp³-hybridized carbons (Fsp3) is 0.222. The summed E-state index contributed by atoms with van der Waals surface area (Å²) in [6.07, 6.45) is 2.17. The van der Waals surface area contributed by atoms with Gasteiger partial charge in [-0.2, -0.15) is 0 Å². The molecule has 0 saturated heterocycles. The van der Waals surface area contributed by atoms with Crippen molar-refractivity contribution in [1.82, 2.24) is 20.2 Å². The highest BCUT2D eigenvalue weighted by Crippen LogP contribution is 2.36. The highest BCUT2D eigenvalue weighted by atomic mass is 32.2. The highest BCUT2D eigenvalue weighted by Gasteiger charge is 2.28. The smallest absolute Gasteiger partial charge is 0.234 e. The van der Waals surface area contributed by atoms with Gasteiger partial charge in [-0.3, -0.25) is 4.79 Å². The summed E-state index contributed by atoms with van der Waals surface area (Å²) in [7, 11) is 0. The van der Waals surface area contributed by atoms with Gasteiger partial charge < -0.3 is 5.32 Å². The molecule has 132 valence electrons. The lowest BCUT2D eigenvalue weighted by molar-refractivity contribution is -0.113. The molecule has 1 heterocycles. The minimum absolute atomic E-state index is 0.130. The van der Waals surface area contributed by atoms with Gasteiger partial charge in [0.2, 0.25) is 5.91 Å². The summed E-state index contributed by atoms with van der Waals surface area (Å²) in [5, 5.41) is 14.7. The fourth-order valence-corrected chi connectivity index (χ4v) is 3.33. The molecule has 1 aromatic heterocycles. The summed E-state index contributed by atoms with van der Waals surface area (Å²) in [6.45, 7) is 0. The Bertz CT molecular complexity index is 941. The number of benzene rings is 2. The molecule has 1 aliphatic carbocycles. The number of carbonyl (C=O) groups is 1. The Morgan fingerprint density at radius 2 is 2.08 bits per heavy atom. The van der Waals surface area contributed by atoms with Crippen molar-refractivity contribution in [2.45, 2.75) is 23.8 Å². The van der Waals surface area contributed by atoms with Gasteiger partial charge in [-0.15, -0.1) is 16.9 Å². The van der Waals surface area contributed by atoms with E-state index in [0.717, 1.165) is 18.4 Å². The highest BCUT2D eigenvalue weighted by molar-refractivity contribution is 8.00. The Morgan fingerprint density at radius 1 is 1.23 bits per heavy atom. The number of hydrogen-bond acceptors (Lipinski definition) is 5. The fourth-order valence-electron chi connectivity index (χ4n) is 2.59. The van der Waals surface area contributed by atoms with E-state index in [1.54, 1.807) is 24.3 Å². The number of carbonyl (C=O) groups excluding carboxylic acids is 1. The minimum atomic E-state index is -0.320. The Hall–Kier alpha value is -2.74. The molecule has 1 aliphatic rings. The standard InChI is InChI=1S/C18H16FN5OS/c19-15-6-1-2-7-16(15)26-11-17(25)20-13-5-3-4-12(10-13)18-21-22-23-24(18)14-8-9-14/h1-7,10,14H,8-9,11H2,(H,20,25). The number of halogens is 1. The van der Waals surface area contributed by atoms with Crippen molar-refractivity contribution in [3.63, 3.8) is 0 Å². The zero-order chi connectivity index (χ0) is 17.9. The van der Waals surface area contributed by atoms with Crippen LogP contribution < -0.4 is 5.32 Å². The lowest BCUT2D eigenvalue weighted by Crippen LogP contribution is -2.14. The van der Waals surface area contributed by atoms with Crippen LogP contribution in [0.15, 0.2) is 53.4 Å². The van der Waals surface area contributed by atoms with Crippen LogP contribution in [0.4, 0.5) is 10.1 Å². The summed E-state index contributed by atoms with van der Waals surface area (Å²) < 4.78 is 15.4. The van der Waals surface area contributed by atoms with Crippen molar-refractivity contribution in [2.24, 2.45) is 0 Å². The molecule has 0 radical (unpaired) electrons. The molecule has 1 saturated carbocycles. The number of anilines is 1. The largest absolute Gasteiger partial charge is 0.325 e. The first-order chi connectivity index (χ1) is 12.7. The molecule has 26 heavy (non-hydrogen) atoms. The van der Waals surface area contributed by atoms with Gasteiger partial charge in [-0.1, -0.05) is 24.3 Å². The predicted molar refractivity (Wildman–Crippen MR) is 97.3 cm³/mol. The third kappa shape index (κ3) is 3.75. The number of tetrazole rings is 1. The lowest BCUT2D eigenvalue weighted by atomic mass is 10.2. The van der Waals surface area contributed by atoms with Crippen molar-refractivity contribution in [3.05, 3.63) is 54.3 Å². The molecule has 1 amide bonds.